The summed E-state index contributed by atoms with van der Waals surface area (Å²) in [6.07, 6.45) is 0.907. The van der Waals surface area contributed by atoms with E-state index < -0.39 is 0 Å². The fourth-order valence-electron chi connectivity index (χ4n) is 1.88. The van der Waals surface area contributed by atoms with Crippen molar-refractivity contribution in [2.75, 3.05) is 7.05 Å². The third-order valence-electron chi connectivity index (χ3n) is 3.22. The molecular weight excluding hydrogens is 198 g/mol. The van der Waals surface area contributed by atoms with E-state index in [0.717, 1.165) is 17.8 Å². The molecule has 0 amide bonds. The predicted molar refractivity (Wildman–Crippen MR) is 67.8 cm³/mol. The second-order valence-electron chi connectivity index (χ2n) is 4.96. The van der Waals surface area contributed by atoms with Gasteiger partial charge in [0.2, 0.25) is 0 Å². The van der Waals surface area contributed by atoms with Crippen LogP contribution in [-0.4, -0.2) is 12.6 Å². The number of fused-ring (bicyclic) bond motifs is 1. The van der Waals surface area contributed by atoms with E-state index >= 15 is 0 Å². The molecule has 0 bridgehead atoms. The first-order chi connectivity index (χ1) is 7.53. The van der Waals surface area contributed by atoms with E-state index in [0.29, 0.717) is 0 Å². The molecule has 0 spiro atoms. The summed E-state index contributed by atoms with van der Waals surface area (Å²) in [5.41, 5.74) is 2.32. The lowest BCUT2D eigenvalue weighted by atomic mass is 9.97. The SMILES string of the molecule is CNC(C)(C)Cc1oc2ccccc2c1C. The van der Waals surface area contributed by atoms with Gasteiger partial charge in [-0.05, 0) is 39.4 Å². The number of hydrogen-bond donors (Lipinski definition) is 1. The van der Waals surface area contributed by atoms with E-state index in [-0.39, 0.29) is 5.54 Å². The number of para-hydroxylation sites is 1. The summed E-state index contributed by atoms with van der Waals surface area (Å²) in [5, 5.41) is 4.53. The summed E-state index contributed by atoms with van der Waals surface area (Å²) in [6, 6.07) is 8.21. The van der Waals surface area contributed by atoms with Crippen molar-refractivity contribution < 1.29 is 4.42 Å². The van der Waals surface area contributed by atoms with Crippen LogP contribution in [-0.2, 0) is 6.42 Å². The van der Waals surface area contributed by atoms with Crippen molar-refractivity contribution in [2.24, 2.45) is 0 Å². The van der Waals surface area contributed by atoms with Crippen molar-refractivity contribution in [1.29, 1.82) is 0 Å². The van der Waals surface area contributed by atoms with Gasteiger partial charge in [-0.2, -0.15) is 0 Å². The van der Waals surface area contributed by atoms with Crippen LogP contribution < -0.4 is 5.32 Å². The van der Waals surface area contributed by atoms with Crippen LogP contribution in [0.2, 0.25) is 0 Å². The molecule has 2 rings (SSSR count). The Kier molecular flexibility index (Phi) is 2.76. The third kappa shape index (κ3) is 1.98. The molecule has 0 saturated carbocycles. The van der Waals surface area contributed by atoms with Gasteiger partial charge >= 0.3 is 0 Å². The fourth-order valence-corrected chi connectivity index (χ4v) is 1.88. The van der Waals surface area contributed by atoms with Crippen LogP contribution >= 0.6 is 0 Å². The molecule has 2 nitrogen and oxygen atoms in total. The zero-order chi connectivity index (χ0) is 11.8. The summed E-state index contributed by atoms with van der Waals surface area (Å²) in [6.45, 7) is 6.49. The lowest BCUT2D eigenvalue weighted by Crippen LogP contribution is -2.38. The molecule has 0 unspecified atom stereocenters. The molecular formula is C14H19NO. The number of hydrogen-bond acceptors (Lipinski definition) is 2. The quantitative estimate of drug-likeness (QED) is 0.853. The number of benzene rings is 1. The molecule has 1 aromatic heterocycles. The Balaban J connectivity index is 2.42. The lowest BCUT2D eigenvalue weighted by molar-refractivity contribution is 0.383. The predicted octanol–water partition coefficient (Wildman–Crippen LogP) is 3.28. The lowest BCUT2D eigenvalue weighted by Gasteiger charge is -2.22. The fraction of sp³-hybridized carbons (Fsp3) is 0.429. The van der Waals surface area contributed by atoms with E-state index in [9.17, 15) is 0 Å². The van der Waals surface area contributed by atoms with Crippen LogP contribution in [0.4, 0.5) is 0 Å². The Bertz CT molecular complexity index is 496. The Morgan fingerprint density at radius 1 is 1.25 bits per heavy atom. The highest BCUT2D eigenvalue weighted by Crippen LogP contribution is 2.27. The van der Waals surface area contributed by atoms with Crippen molar-refractivity contribution in [2.45, 2.75) is 32.7 Å². The highest BCUT2D eigenvalue weighted by molar-refractivity contribution is 5.81. The number of rotatable bonds is 3. The zero-order valence-corrected chi connectivity index (χ0v) is 10.4. The Morgan fingerprint density at radius 3 is 2.56 bits per heavy atom. The van der Waals surface area contributed by atoms with E-state index in [1.807, 2.05) is 19.2 Å². The van der Waals surface area contributed by atoms with Crippen LogP contribution in [0.15, 0.2) is 28.7 Å². The van der Waals surface area contributed by atoms with E-state index in [1.165, 1.54) is 10.9 Å². The van der Waals surface area contributed by atoms with Gasteiger partial charge in [0.05, 0.1) is 0 Å². The highest BCUT2D eigenvalue weighted by atomic mass is 16.3. The largest absolute Gasteiger partial charge is 0.461 e. The summed E-state index contributed by atoms with van der Waals surface area (Å²) in [4.78, 5) is 0. The Labute approximate surface area is 96.6 Å². The number of likely N-dealkylation sites (N-methyl/N-ethyl adjacent to an activating group) is 1. The van der Waals surface area contributed by atoms with Gasteiger partial charge in [0.1, 0.15) is 11.3 Å². The second kappa shape index (κ2) is 3.95. The van der Waals surface area contributed by atoms with E-state index in [2.05, 4.69) is 38.2 Å². The molecule has 0 fully saturated rings. The molecule has 1 heterocycles. The van der Waals surface area contributed by atoms with Crippen molar-refractivity contribution in [3.8, 4) is 0 Å². The normalized spacial score (nSPS) is 12.2. The van der Waals surface area contributed by atoms with E-state index in [1.54, 1.807) is 0 Å². The second-order valence-corrected chi connectivity index (χ2v) is 4.96. The molecule has 1 N–H and O–H groups in total. The number of nitrogens with one attached hydrogen (secondary N) is 1. The zero-order valence-electron chi connectivity index (χ0n) is 10.4. The maximum absolute atomic E-state index is 5.90. The molecule has 1 aromatic carbocycles. The minimum atomic E-state index is 0.0681. The molecule has 0 atom stereocenters. The molecule has 0 aliphatic carbocycles. The highest BCUT2D eigenvalue weighted by Gasteiger charge is 2.20. The molecule has 0 aliphatic rings. The van der Waals surface area contributed by atoms with Gasteiger partial charge in [-0.1, -0.05) is 18.2 Å². The van der Waals surface area contributed by atoms with Gasteiger partial charge in [0, 0.05) is 17.3 Å². The molecule has 16 heavy (non-hydrogen) atoms. The summed E-state index contributed by atoms with van der Waals surface area (Å²) in [5.74, 6) is 1.08. The molecule has 2 heteroatoms. The molecule has 2 aromatic rings. The van der Waals surface area contributed by atoms with Crippen molar-refractivity contribution in [1.82, 2.24) is 5.32 Å². The van der Waals surface area contributed by atoms with Crippen molar-refractivity contribution in [3.63, 3.8) is 0 Å². The summed E-state index contributed by atoms with van der Waals surface area (Å²) >= 11 is 0. The number of furan rings is 1. The van der Waals surface area contributed by atoms with Crippen LogP contribution in [0.1, 0.15) is 25.2 Å². The van der Waals surface area contributed by atoms with Crippen LogP contribution in [0.5, 0.6) is 0 Å². The van der Waals surface area contributed by atoms with Crippen molar-refractivity contribution in [3.05, 3.63) is 35.6 Å². The maximum Gasteiger partial charge on any atom is 0.134 e. The van der Waals surface area contributed by atoms with E-state index in [4.69, 9.17) is 4.42 Å². The van der Waals surface area contributed by atoms with Crippen LogP contribution in [0.25, 0.3) is 11.0 Å². The van der Waals surface area contributed by atoms with Gasteiger partial charge in [-0.15, -0.1) is 0 Å². The minimum absolute atomic E-state index is 0.0681. The average Bonchev–Trinajstić information content (AvgIpc) is 2.56. The maximum atomic E-state index is 5.90. The first kappa shape index (κ1) is 11.2. The molecule has 0 radical (unpaired) electrons. The standard InChI is InChI=1S/C14H19NO/c1-10-11-7-5-6-8-12(11)16-13(10)9-14(2,3)15-4/h5-8,15H,9H2,1-4H3. The third-order valence-corrected chi connectivity index (χ3v) is 3.22. The summed E-state index contributed by atoms with van der Waals surface area (Å²) < 4.78 is 5.90. The van der Waals surface area contributed by atoms with Crippen LogP contribution in [0.3, 0.4) is 0 Å². The van der Waals surface area contributed by atoms with Gasteiger partial charge in [0.25, 0.3) is 0 Å². The monoisotopic (exact) mass is 217 g/mol. The summed E-state index contributed by atoms with van der Waals surface area (Å²) in [7, 11) is 1.98. The van der Waals surface area contributed by atoms with Crippen LogP contribution in [0, 0.1) is 6.92 Å². The average molecular weight is 217 g/mol. The van der Waals surface area contributed by atoms with Gasteiger partial charge < -0.3 is 9.73 Å². The van der Waals surface area contributed by atoms with Gasteiger partial charge in [0.15, 0.2) is 0 Å². The smallest absolute Gasteiger partial charge is 0.134 e. The number of aryl methyl sites for hydroxylation is 1. The molecule has 0 aliphatic heterocycles. The van der Waals surface area contributed by atoms with Gasteiger partial charge in [-0.25, -0.2) is 0 Å². The topological polar surface area (TPSA) is 25.2 Å². The van der Waals surface area contributed by atoms with Crippen molar-refractivity contribution >= 4 is 11.0 Å². The minimum Gasteiger partial charge on any atom is -0.461 e. The molecule has 0 saturated heterocycles. The molecule has 86 valence electrons. The first-order valence-corrected chi connectivity index (χ1v) is 5.69. The Morgan fingerprint density at radius 2 is 1.94 bits per heavy atom. The van der Waals surface area contributed by atoms with Gasteiger partial charge in [-0.3, -0.25) is 0 Å². The first-order valence-electron chi connectivity index (χ1n) is 5.69. The Hall–Kier alpha value is -1.28.